The Bertz CT molecular complexity index is 930. The van der Waals surface area contributed by atoms with Gasteiger partial charge in [-0.05, 0) is 25.1 Å². The van der Waals surface area contributed by atoms with E-state index >= 15 is 0 Å². The second-order valence-corrected chi connectivity index (χ2v) is 5.01. The fraction of sp³-hybridized carbons (Fsp3) is 0.125. The van der Waals surface area contributed by atoms with Gasteiger partial charge >= 0.3 is 5.69 Å². The largest absolute Gasteiger partial charge is 0.496 e. The maximum atomic E-state index is 11.6. The number of fused-ring (bicyclic) bond motifs is 1. The smallest absolute Gasteiger partial charge is 0.312 e. The topological polar surface area (TPSA) is 86.7 Å². The summed E-state index contributed by atoms with van der Waals surface area (Å²) in [6.07, 6.45) is 2.21. The van der Waals surface area contributed by atoms with Gasteiger partial charge in [0.25, 0.3) is 0 Å². The molecule has 0 fully saturated rings. The zero-order valence-electron chi connectivity index (χ0n) is 12.5. The quantitative estimate of drug-likeness (QED) is 0.420. The van der Waals surface area contributed by atoms with Crippen molar-refractivity contribution in [1.29, 1.82) is 0 Å². The third-order valence-corrected chi connectivity index (χ3v) is 3.58. The van der Waals surface area contributed by atoms with Crippen LogP contribution in [0.5, 0.6) is 5.75 Å². The Labute approximate surface area is 131 Å². The van der Waals surface area contributed by atoms with E-state index in [0.717, 1.165) is 5.56 Å². The zero-order chi connectivity index (χ0) is 16.6. The van der Waals surface area contributed by atoms with Gasteiger partial charge in [0.05, 0.1) is 12.0 Å². The fourth-order valence-corrected chi connectivity index (χ4v) is 2.53. The van der Waals surface area contributed by atoms with E-state index < -0.39 is 4.92 Å². The fourth-order valence-electron chi connectivity index (χ4n) is 2.53. The second kappa shape index (κ2) is 5.53. The van der Waals surface area contributed by atoms with Crippen LogP contribution < -0.4 is 4.74 Å². The van der Waals surface area contributed by atoms with Crippen molar-refractivity contribution in [1.82, 2.24) is 9.38 Å². The number of ether oxygens (including phenoxy) is 1. The molecule has 0 bridgehead atoms. The highest BCUT2D eigenvalue weighted by Crippen LogP contribution is 2.34. The predicted molar refractivity (Wildman–Crippen MR) is 84.0 cm³/mol. The van der Waals surface area contributed by atoms with Gasteiger partial charge in [-0.2, -0.15) is 0 Å². The standard InChI is InChI=1S/C16H13N3O4/c1-10-5-6-14(23-2)11(8-10)15-13(9-20)18-7-3-4-12(19(21)22)16(18)17-15/h3-9H,1-2H3. The molecule has 0 saturated heterocycles. The summed E-state index contributed by atoms with van der Waals surface area (Å²) in [7, 11) is 1.52. The summed E-state index contributed by atoms with van der Waals surface area (Å²) in [6, 6.07) is 8.35. The van der Waals surface area contributed by atoms with Gasteiger partial charge in [-0.3, -0.25) is 19.3 Å². The maximum Gasteiger partial charge on any atom is 0.312 e. The van der Waals surface area contributed by atoms with E-state index in [2.05, 4.69) is 4.98 Å². The number of hydrogen-bond acceptors (Lipinski definition) is 5. The van der Waals surface area contributed by atoms with Crippen LogP contribution in [0.1, 0.15) is 16.1 Å². The van der Waals surface area contributed by atoms with Gasteiger partial charge in [-0.15, -0.1) is 0 Å². The van der Waals surface area contributed by atoms with Crippen molar-refractivity contribution in [3.63, 3.8) is 0 Å². The minimum absolute atomic E-state index is 0.123. The maximum absolute atomic E-state index is 11.6. The first-order valence-electron chi connectivity index (χ1n) is 6.82. The number of methoxy groups -OCH3 is 1. The first-order valence-corrected chi connectivity index (χ1v) is 6.82. The highest BCUT2D eigenvalue weighted by Gasteiger charge is 2.22. The van der Waals surface area contributed by atoms with Gasteiger partial charge < -0.3 is 4.74 Å². The minimum atomic E-state index is -0.520. The summed E-state index contributed by atoms with van der Waals surface area (Å²) in [4.78, 5) is 26.6. The number of carbonyl (C=O) groups excluding carboxylic acids is 1. The number of rotatable bonds is 4. The summed E-state index contributed by atoms with van der Waals surface area (Å²) in [6.45, 7) is 1.90. The van der Waals surface area contributed by atoms with Crippen LogP contribution in [0.2, 0.25) is 0 Å². The van der Waals surface area contributed by atoms with Crippen LogP contribution >= 0.6 is 0 Å². The number of carbonyl (C=O) groups is 1. The van der Waals surface area contributed by atoms with Gasteiger partial charge in [-0.25, -0.2) is 4.98 Å². The van der Waals surface area contributed by atoms with Crippen molar-refractivity contribution in [2.75, 3.05) is 7.11 Å². The molecule has 1 aromatic carbocycles. The molecule has 0 radical (unpaired) electrons. The van der Waals surface area contributed by atoms with Crippen LogP contribution in [-0.4, -0.2) is 27.7 Å². The molecular formula is C16H13N3O4. The average molecular weight is 311 g/mol. The first-order chi connectivity index (χ1) is 11.1. The van der Waals surface area contributed by atoms with Crippen molar-refractivity contribution in [2.24, 2.45) is 0 Å². The summed E-state index contributed by atoms with van der Waals surface area (Å²) < 4.78 is 6.75. The van der Waals surface area contributed by atoms with E-state index in [9.17, 15) is 14.9 Å². The third kappa shape index (κ3) is 2.32. The molecule has 2 heterocycles. The molecule has 0 saturated carbocycles. The van der Waals surface area contributed by atoms with Gasteiger partial charge in [0.15, 0.2) is 6.29 Å². The van der Waals surface area contributed by atoms with Crippen molar-refractivity contribution in [2.45, 2.75) is 6.92 Å². The molecule has 7 nitrogen and oxygen atoms in total. The molecule has 116 valence electrons. The normalized spacial score (nSPS) is 10.7. The Kier molecular flexibility index (Phi) is 3.53. The number of imidazole rings is 1. The van der Waals surface area contributed by atoms with Crippen LogP contribution in [0.25, 0.3) is 16.9 Å². The molecule has 3 aromatic rings. The molecule has 2 aromatic heterocycles. The Hall–Kier alpha value is -3.22. The van der Waals surface area contributed by atoms with Crippen molar-refractivity contribution in [3.05, 3.63) is 57.9 Å². The number of aromatic nitrogens is 2. The molecule has 0 aliphatic carbocycles. The Morgan fingerprint density at radius 1 is 1.35 bits per heavy atom. The molecule has 0 aliphatic heterocycles. The van der Waals surface area contributed by atoms with Crippen LogP contribution in [0.4, 0.5) is 5.69 Å². The lowest BCUT2D eigenvalue weighted by molar-refractivity contribution is -0.383. The molecule has 23 heavy (non-hydrogen) atoms. The molecular weight excluding hydrogens is 298 g/mol. The molecule has 3 rings (SSSR count). The number of hydrogen-bond donors (Lipinski definition) is 0. The number of benzene rings is 1. The van der Waals surface area contributed by atoms with Gasteiger partial charge in [-0.1, -0.05) is 11.6 Å². The van der Waals surface area contributed by atoms with Crippen molar-refractivity contribution >= 4 is 17.6 Å². The minimum Gasteiger partial charge on any atom is -0.496 e. The molecule has 0 N–H and O–H groups in total. The van der Waals surface area contributed by atoms with Crippen LogP contribution in [0.15, 0.2) is 36.5 Å². The molecule has 0 unspecified atom stereocenters. The van der Waals surface area contributed by atoms with Crippen molar-refractivity contribution in [3.8, 4) is 17.0 Å². The lowest BCUT2D eigenvalue weighted by atomic mass is 10.1. The van der Waals surface area contributed by atoms with E-state index in [4.69, 9.17) is 4.74 Å². The number of nitrogens with zero attached hydrogens (tertiary/aromatic N) is 3. The molecule has 0 atom stereocenters. The summed E-state index contributed by atoms with van der Waals surface area (Å²) in [5, 5.41) is 11.2. The molecule has 7 heteroatoms. The Morgan fingerprint density at radius 2 is 2.13 bits per heavy atom. The van der Waals surface area contributed by atoms with Gasteiger partial charge in [0, 0.05) is 17.8 Å². The highest BCUT2D eigenvalue weighted by molar-refractivity contribution is 5.89. The van der Waals surface area contributed by atoms with Crippen LogP contribution in [0, 0.1) is 17.0 Å². The van der Waals surface area contributed by atoms with E-state index in [0.29, 0.717) is 23.3 Å². The third-order valence-electron chi connectivity index (χ3n) is 3.58. The average Bonchev–Trinajstić information content (AvgIpc) is 2.92. The lowest BCUT2D eigenvalue weighted by Crippen LogP contribution is -1.96. The summed E-state index contributed by atoms with van der Waals surface area (Å²) in [5.41, 5.74) is 2.14. The van der Waals surface area contributed by atoms with Crippen molar-refractivity contribution < 1.29 is 14.5 Å². The molecule has 0 spiro atoms. The van der Waals surface area contributed by atoms with Gasteiger partial charge in [0.1, 0.15) is 17.1 Å². The molecule has 0 aliphatic rings. The highest BCUT2D eigenvalue weighted by atomic mass is 16.6. The molecule has 0 amide bonds. The van der Waals surface area contributed by atoms with Gasteiger partial charge in [0.2, 0.25) is 5.65 Å². The second-order valence-electron chi connectivity index (χ2n) is 5.01. The lowest BCUT2D eigenvalue weighted by Gasteiger charge is -2.07. The Balaban J connectivity index is 2.39. The van der Waals surface area contributed by atoms with Crippen LogP contribution in [-0.2, 0) is 0 Å². The monoisotopic (exact) mass is 311 g/mol. The Morgan fingerprint density at radius 3 is 2.78 bits per heavy atom. The van der Waals surface area contributed by atoms with E-state index in [1.54, 1.807) is 12.3 Å². The summed E-state index contributed by atoms with van der Waals surface area (Å²) in [5.74, 6) is 0.546. The number of nitro groups is 1. The number of aryl methyl sites for hydroxylation is 1. The van der Waals surface area contributed by atoms with E-state index in [1.807, 2.05) is 19.1 Å². The first kappa shape index (κ1) is 14.7. The zero-order valence-corrected chi connectivity index (χ0v) is 12.5. The SMILES string of the molecule is COc1ccc(C)cc1-c1nc2c([N+](=O)[O-])cccn2c1C=O. The van der Waals surface area contributed by atoms with E-state index in [-0.39, 0.29) is 17.0 Å². The predicted octanol–water partition coefficient (Wildman–Crippen LogP) is 3.04. The van der Waals surface area contributed by atoms with Crippen LogP contribution in [0.3, 0.4) is 0 Å². The number of aldehydes is 1. The van der Waals surface area contributed by atoms with E-state index in [1.165, 1.54) is 23.6 Å². The summed E-state index contributed by atoms with van der Waals surface area (Å²) >= 11 is 0. The number of pyridine rings is 1.